The van der Waals surface area contributed by atoms with Gasteiger partial charge in [0.2, 0.25) is 0 Å². The van der Waals surface area contributed by atoms with E-state index in [1.165, 1.54) is 18.4 Å². The summed E-state index contributed by atoms with van der Waals surface area (Å²) in [5.41, 5.74) is 3.39. The van der Waals surface area contributed by atoms with Crippen molar-refractivity contribution in [3.8, 4) is 0 Å². The molecule has 0 unspecified atom stereocenters. The zero-order chi connectivity index (χ0) is 16.0. The van der Waals surface area contributed by atoms with Crippen LogP contribution in [0.15, 0.2) is 30.6 Å². The Balaban J connectivity index is 1.64. The minimum atomic E-state index is 0.648. The largest absolute Gasteiger partial charge is 0.290 e. The molecule has 2 heterocycles. The van der Waals surface area contributed by atoms with Gasteiger partial charge >= 0.3 is 0 Å². The van der Waals surface area contributed by atoms with E-state index in [1.54, 1.807) is 0 Å². The van der Waals surface area contributed by atoms with Crippen molar-refractivity contribution in [1.29, 1.82) is 0 Å². The fraction of sp³-hybridized carbons (Fsp3) is 0.412. The van der Waals surface area contributed by atoms with E-state index in [1.807, 2.05) is 41.8 Å². The molecule has 1 aliphatic carbocycles. The first-order valence-electron chi connectivity index (χ1n) is 7.93. The highest BCUT2D eigenvalue weighted by molar-refractivity contribution is 6.35. The molecule has 6 heteroatoms. The minimum absolute atomic E-state index is 0.648. The zero-order valence-electron chi connectivity index (χ0n) is 13.4. The molecule has 0 aliphatic heterocycles. The molecular formula is C17H20ClN5. The molecule has 1 saturated carbocycles. The molecule has 1 aromatic carbocycles. The van der Waals surface area contributed by atoms with E-state index < -0.39 is 0 Å². The van der Waals surface area contributed by atoms with E-state index in [2.05, 4.69) is 22.3 Å². The molecule has 2 aromatic heterocycles. The average Bonchev–Trinajstić information content (AvgIpc) is 3.21. The summed E-state index contributed by atoms with van der Waals surface area (Å²) < 4.78 is 3.78. The van der Waals surface area contributed by atoms with Crippen molar-refractivity contribution in [2.24, 2.45) is 14.1 Å². The highest BCUT2D eigenvalue weighted by Crippen LogP contribution is 2.32. The van der Waals surface area contributed by atoms with Crippen LogP contribution in [0.2, 0.25) is 5.02 Å². The van der Waals surface area contributed by atoms with E-state index in [0.29, 0.717) is 6.04 Å². The highest BCUT2D eigenvalue weighted by atomic mass is 35.5. The maximum atomic E-state index is 6.43. The van der Waals surface area contributed by atoms with Crippen LogP contribution in [0.3, 0.4) is 0 Å². The smallest absolute Gasteiger partial charge is 0.0858 e. The molecule has 23 heavy (non-hydrogen) atoms. The van der Waals surface area contributed by atoms with Crippen LogP contribution < -0.4 is 0 Å². The number of aryl methyl sites for hydroxylation is 2. The lowest BCUT2D eigenvalue weighted by atomic mass is 10.2. The molecule has 5 nitrogen and oxygen atoms in total. The first kappa shape index (κ1) is 14.7. The molecule has 4 rings (SSSR count). The second-order valence-corrected chi connectivity index (χ2v) is 6.77. The molecule has 0 amide bonds. The summed E-state index contributed by atoms with van der Waals surface area (Å²) in [6, 6.07) is 6.64. The Labute approximate surface area is 140 Å². The van der Waals surface area contributed by atoms with Crippen molar-refractivity contribution in [3.05, 3.63) is 46.9 Å². The normalized spacial score (nSPS) is 15.0. The van der Waals surface area contributed by atoms with Gasteiger partial charge in [0.15, 0.2) is 0 Å². The summed E-state index contributed by atoms with van der Waals surface area (Å²) in [6.07, 6.45) is 6.55. The van der Waals surface area contributed by atoms with Crippen molar-refractivity contribution in [2.45, 2.75) is 32.0 Å². The molecule has 0 bridgehead atoms. The molecule has 0 atom stereocenters. The first-order chi connectivity index (χ1) is 11.1. The van der Waals surface area contributed by atoms with Crippen molar-refractivity contribution in [3.63, 3.8) is 0 Å². The number of hydrogen-bond acceptors (Lipinski definition) is 3. The monoisotopic (exact) mass is 329 g/mol. The van der Waals surface area contributed by atoms with Crippen molar-refractivity contribution in [2.75, 3.05) is 0 Å². The summed E-state index contributed by atoms with van der Waals surface area (Å²) >= 11 is 6.43. The number of halogens is 1. The Morgan fingerprint density at radius 3 is 2.78 bits per heavy atom. The van der Waals surface area contributed by atoms with Crippen LogP contribution in [0, 0.1) is 0 Å². The second-order valence-electron chi connectivity index (χ2n) is 6.36. The average molecular weight is 330 g/mol. The Kier molecular flexibility index (Phi) is 3.62. The lowest BCUT2D eigenvalue weighted by molar-refractivity contribution is 0.243. The quantitative estimate of drug-likeness (QED) is 0.722. The third-order valence-electron chi connectivity index (χ3n) is 4.46. The number of fused-ring (bicyclic) bond motifs is 1. The van der Waals surface area contributed by atoms with Gasteiger partial charge in [-0.15, -0.1) is 0 Å². The number of hydrogen-bond donors (Lipinski definition) is 0. The van der Waals surface area contributed by atoms with Crippen LogP contribution in [0.1, 0.15) is 24.1 Å². The zero-order valence-corrected chi connectivity index (χ0v) is 14.2. The van der Waals surface area contributed by atoms with Gasteiger partial charge in [-0.25, -0.2) is 0 Å². The van der Waals surface area contributed by atoms with Crippen LogP contribution in [0.4, 0.5) is 0 Å². The fourth-order valence-electron chi connectivity index (χ4n) is 3.20. The fourth-order valence-corrected chi connectivity index (χ4v) is 3.48. The summed E-state index contributed by atoms with van der Waals surface area (Å²) in [4.78, 5) is 2.49. The molecule has 1 fully saturated rings. The predicted octanol–water partition coefficient (Wildman–Crippen LogP) is 3.12. The molecule has 1 aliphatic rings. The third kappa shape index (κ3) is 2.86. The summed E-state index contributed by atoms with van der Waals surface area (Å²) in [7, 11) is 3.93. The van der Waals surface area contributed by atoms with Gasteiger partial charge in [0.1, 0.15) is 0 Å². The van der Waals surface area contributed by atoms with Gasteiger partial charge in [0.25, 0.3) is 0 Å². The maximum absolute atomic E-state index is 6.43. The standard InChI is InChI=1S/C17H20ClN5/c1-21-9-12(8-19-21)10-23(13-6-7-13)11-15-17-14(18)4-3-5-16(17)22(2)20-15/h3-5,8-9,13H,6-7,10-11H2,1-2H3. The lowest BCUT2D eigenvalue weighted by Gasteiger charge is -2.20. The van der Waals surface area contributed by atoms with Crippen LogP contribution in [0.25, 0.3) is 10.9 Å². The van der Waals surface area contributed by atoms with E-state index in [0.717, 1.165) is 34.7 Å². The lowest BCUT2D eigenvalue weighted by Crippen LogP contribution is -2.25. The van der Waals surface area contributed by atoms with Gasteiger partial charge in [0.05, 0.1) is 22.4 Å². The van der Waals surface area contributed by atoms with Gasteiger partial charge in [-0.3, -0.25) is 14.3 Å². The molecule has 120 valence electrons. The van der Waals surface area contributed by atoms with Gasteiger partial charge in [-0.1, -0.05) is 17.7 Å². The van der Waals surface area contributed by atoms with Crippen LogP contribution >= 0.6 is 11.6 Å². The molecule has 0 saturated heterocycles. The Morgan fingerprint density at radius 2 is 2.09 bits per heavy atom. The molecule has 3 aromatic rings. The van der Waals surface area contributed by atoms with Gasteiger partial charge in [-0.2, -0.15) is 10.2 Å². The predicted molar refractivity (Wildman–Crippen MR) is 91.2 cm³/mol. The Hall–Kier alpha value is -1.85. The summed E-state index contributed by atoms with van der Waals surface area (Å²) in [6.45, 7) is 1.72. The summed E-state index contributed by atoms with van der Waals surface area (Å²) in [5, 5.41) is 10.8. The number of aromatic nitrogens is 4. The molecular weight excluding hydrogens is 310 g/mol. The SMILES string of the molecule is Cn1cc(CN(Cc2nn(C)c3cccc(Cl)c23)C2CC2)cn1. The van der Waals surface area contributed by atoms with Crippen LogP contribution in [-0.4, -0.2) is 30.5 Å². The van der Waals surface area contributed by atoms with Gasteiger partial charge in [0, 0.05) is 50.4 Å². The summed E-state index contributed by atoms with van der Waals surface area (Å²) in [5.74, 6) is 0. The van der Waals surface area contributed by atoms with E-state index in [9.17, 15) is 0 Å². The Bertz CT molecular complexity index is 846. The molecule has 0 radical (unpaired) electrons. The molecule has 0 N–H and O–H groups in total. The Morgan fingerprint density at radius 1 is 1.26 bits per heavy atom. The van der Waals surface area contributed by atoms with Crippen LogP contribution in [0.5, 0.6) is 0 Å². The minimum Gasteiger partial charge on any atom is -0.290 e. The molecule has 0 spiro atoms. The van der Waals surface area contributed by atoms with Crippen molar-refractivity contribution in [1.82, 2.24) is 24.5 Å². The van der Waals surface area contributed by atoms with Gasteiger partial charge in [-0.05, 0) is 25.0 Å². The van der Waals surface area contributed by atoms with Crippen molar-refractivity contribution >= 4 is 22.5 Å². The number of nitrogens with zero attached hydrogens (tertiary/aromatic N) is 5. The highest BCUT2D eigenvalue weighted by Gasteiger charge is 2.30. The third-order valence-corrected chi connectivity index (χ3v) is 4.77. The number of rotatable bonds is 5. The maximum Gasteiger partial charge on any atom is 0.0858 e. The van der Waals surface area contributed by atoms with Gasteiger partial charge < -0.3 is 0 Å². The first-order valence-corrected chi connectivity index (χ1v) is 8.31. The van der Waals surface area contributed by atoms with Crippen molar-refractivity contribution < 1.29 is 0 Å². The van der Waals surface area contributed by atoms with E-state index >= 15 is 0 Å². The van der Waals surface area contributed by atoms with Crippen LogP contribution in [-0.2, 0) is 27.2 Å². The topological polar surface area (TPSA) is 38.9 Å². The van der Waals surface area contributed by atoms with E-state index in [-0.39, 0.29) is 0 Å². The van der Waals surface area contributed by atoms with E-state index in [4.69, 9.17) is 16.7 Å². The number of benzene rings is 1. The second kappa shape index (κ2) is 5.65.